The number of nitrogens with zero attached hydrogens (tertiary/aromatic N) is 1. The Morgan fingerprint density at radius 1 is 1.45 bits per heavy atom. The fraction of sp³-hybridized carbons (Fsp3) is 0.154. The van der Waals surface area contributed by atoms with Crippen LogP contribution in [0.2, 0.25) is 0 Å². The third-order valence-corrected chi connectivity index (χ3v) is 3.23. The Labute approximate surface area is 119 Å². The molecule has 2 rings (SSSR count). The average molecular weight is 290 g/mol. The van der Waals surface area contributed by atoms with E-state index in [-0.39, 0.29) is 17.2 Å². The third-order valence-electron chi connectivity index (χ3n) is 2.36. The minimum atomic E-state index is -0.226. The molecule has 0 aliphatic heterocycles. The zero-order valence-electron chi connectivity index (χ0n) is 10.8. The van der Waals surface area contributed by atoms with E-state index in [0.29, 0.717) is 22.2 Å². The summed E-state index contributed by atoms with van der Waals surface area (Å²) < 4.78 is 0. The molecule has 0 saturated heterocycles. The highest BCUT2D eigenvalue weighted by Crippen LogP contribution is 2.14. The van der Waals surface area contributed by atoms with Gasteiger partial charge in [-0.15, -0.1) is 0 Å². The molecule has 6 nitrogen and oxygen atoms in total. The van der Waals surface area contributed by atoms with Crippen LogP contribution in [0.25, 0.3) is 0 Å². The zero-order chi connectivity index (χ0) is 14.5. The number of H-pyrrole nitrogens is 1. The van der Waals surface area contributed by atoms with E-state index in [0.717, 1.165) is 0 Å². The number of benzene rings is 1. The molecular formula is C13H14N4O2S. The lowest BCUT2D eigenvalue weighted by Gasteiger charge is -2.05. The molecule has 4 N–H and O–H groups in total. The van der Waals surface area contributed by atoms with Gasteiger partial charge in [0.15, 0.2) is 5.16 Å². The second kappa shape index (κ2) is 6.25. The van der Waals surface area contributed by atoms with Crippen molar-refractivity contribution in [2.75, 3.05) is 16.8 Å². The quantitative estimate of drug-likeness (QED) is 0.449. The minimum absolute atomic E-state index is 0.154. The largest absolute Gasteiger partial charge is 0.399 e. The van der Waals surface area contributed by atoms with E-state index < -0.39 is 0 Å². The lowest BCUT2D eigenvalue weighted by Crippen LogP contribution is -2.15. The molecule has 7 heteroatoms. The van der Waals surface area contributed by atoms with E-state index in [2.05, 4.69) is 15.3 Å². The first kappa shape index (κ1) is 14.1. The summed E-state index contributed by atoms with van der Waals surface area (Å²) in [6.45, 7) is 1.73. The number of anilines is 2. The number of aromatic nitrogens is 2. The Balaban J connectivity index is 1.93. The summed E-state index contributed by atoms with van der Waals surface area (Å²) in [5, 5.41) is 3.15. The first-order valence-corrected chi connectivity index (χ1v) is 6.87. The topological polar surface area (TPSA) is 101 Å². The van der Waals surface area contributed by atoms with Crippen molar-refractivity contribution in [3.8, 4) is 0 Å². The van der Waals surface area contributed by atoms with Crippen molar-refractivity contribution in [3.63, 3.8) is 0 Å². The molecule has 1 amide bonds. The van der Waals surface area contributed by atoms with E-state index in [9.17, 15) is 9.59 Å². The first-order chi connectivity index (χ1) is 9.52. The second-order valence-electron chi connectivity index (χ2n) is 4.15. The Bertz CT molecular complexity index is 684. The molecule has 0 unspecified atom stereocenters. The van der Waals surface area contributed by atoms with Crippen molar-refractivity contribution in [2.24, 2.45) is 0 Å². The van der Waals surface area contributed by atoms with Crippen molar-refractivity contribution in [3.05, 3.63) is 46.4 Å². The number of thioether (sulfide) groups is 1. The Morgan fingerprint density at radius 2 is 2.25 bits per heavy atom. The van der Waals surface area contributed by atoms with Crippen LogP contribution in [-0.2, 0) is 4.79 Å². The molecule has 1 aromatic heterocycles. The summed E-state index contributed by atoms with van der Waals surface area (Å²) in [7, 11) is 0. The minimum Gasteiger partial charge on any atom is -0.399 e. The number of nitrogens with one attached hydrogen (secondary N) is 2. The zero-order valence-corrected chi connectivity index (χ0v) is 11.7. The Morgan fingerprint density at radius 3 is 2.95 bits per heavy atom. The van der Waals surface area contributed by atoms with E-state index in [4.69, 9.17) is 5.73 Å². The van der Waals surface area contributed by atoms with Crippen LogP contribution >= 0.6 is 11.8 Å². The molecule has 104 valence electrons. The summed E-state index contributed by atoms with van der Waals surface area (Å²) in [4.78, 5) is 29.7. The number of amides is 1. The van der Waals surface area contributed by atoms with Gasteiger partial charge in [0.2, 0.25) is 5.91 Å². The lowest BCUT2D eigenvalue weighted by molar-refractivity contribution is -0.113. The highest BCUT2D eigenvalue weighted by atomic mass is 32.2. The maximum absolute atomic E-state index is 11.8. The van der Waals surface area contributed by atoms with Gasteiger partial charge in [-0.1, -0.05) is 17.8 Å². The highest BCUT2D eigenvalue weighted by molar-refractivity contribution is 7.99. The summed E-state index contributed by atoms with van der Waals surface area (Å²) in [5.41, 5.74) is 7.24. The van der Waals surface area contributed by atoms with E-state index in [1.165, 1.54) is 17.8 Å². The van der Waals surface area contributed by atoms with Gasteiger partial charge in [0.25, 0.3) is 5.56 Å². The van der Waals surface area contributed by atoms with Gasteiger partial charge in [0.1, 0.15) is 0 Å². The second-order valence-corrected chi connectivity index (χ2v) is 5.12. The number of hydrogen-bond donors (Lipinski definition) is 3. The number of carbonyl (C=O) groups is 1. The number of aromatic amines is 1. The Kier molecular flexibility index (Phi) is 4.41. The molecule has 1 aromatic carbocycles. The van der Waals surface area contributed by atoms with Gasteiger partial charge >= 0.3 is 0 Å². The molecular weight excluding hydrogens is 276 g/mol. The third kappa shape index (κ3) is 4.13. The van der Waals surface area contributed by atoms with Crippen LogP contribution in [0.3, 0.4) is 0 Å². The van der Waals surface area contributed by atoms with Crippen molar-refractivity contribution in [1.82, 2.24) is 9.97 Å². The molecule has 0 radical (unpaired) electrons. The molecule has 2 aromatic rings. The SMILES string of the molecule is Cc1cc(=O)[nH]c(SCC(=O)Nc2cccc(N)c2)n1. The van der Waals surface area contributed by atoms with Gasteiger partial charge in [-0.3, -0.25) is 9.59 Å². The fourth-order valence-corrected chi connectivity index (χ4v) is 2.29. The van der Waals surface area contributed by atoms with Crippen LogP contribution in [0.15, 0.2) is 40.3 Å². The van der Waals surface area contributed by atoms with Gasteiger partial charge in [-0.2, -0.15) is 0 Å². The summed E-state index contributed by atoms with van der Waals surface area (Å²) in [6, 6.07) is 8.33. The fourth-order valence-electron chi connectivity index (χ4n) is 1.57. The number of carbonyl (C=O) groups excluding carboxylic acids is 1. The van der Waals surface area contributed by atoms with Crippen LogP contribution in [-0.4, -0.2) is 21.6 Å². The van der Waals surface area contributed by atoms with Crippen molar-refractivity contribution < 1.29 is 4.79 Å². The van der Waals surface area contributed by atoms with Crippen LogP contribution in [0.5, 0.6) is 0 Å². The molecule has 1 heterocycles. The maximum Gasteiger partial charge on any atom is 0.251 e. The number of aryl methyl sites for hydroxylation is 1. The summed E-state index contributed by atoms with van der Waals surface area (Å²) in [6.07, 6.45) is 0. The van der Waals surface area contributed by atoms with E-state index in [1.54, 1.807) is 31.2 Å². The molecule has 0 fully saturated rings. The number of nitrogen functional groups attached to an aromatic ring is 1. The number of nitrogens with two attached hydrogens (primary N) is 1. The van der Waals surface area contributed by atoms with E-state index in [1.807, 2.05) is 0 Å². The molecule has 20 heavy (non-hydrogen) atoms. The van der Waals surface area contributed by atoms with Crippen molar-refractivity contribution >= 4 is 29.0 Å². The van der Waals surface area contributed by atoms with Crippen LogP contribution < -0.4 is 16.6 Å². The molecule has 0 bridgehead atoms. The molecule has 0 atom stereocenters. The highest BCUT2D eigenvalue weighted by Gasteiger charge is 2.06. The summed E-state index contributed by atoms with van der Waals surface area (Å²) >= 11 is 1.17. The van der Waals surface area contributed by atoms with Crippen molar-refractivity contribution in [2.45, 2.75) is 12.1 Å². The van der Waals surface area contributed by atoms with Crippen LogP contribution in [0.1, 0.15) is 5.69 Å². The lowest BCUT2D eigenvalue weighted by atomic mass is 10.3. The monoisotopic (exact) mass is 290 g/mol. The normalized spacial score (nSPS) is 10.2. The Hall–Kier alpha value is -2.28. The predicted molar refractivity (Wildman–Crippen MR) is 79.8 cm³/mol. The van der Waals surface area contributed by atoms with Gasteiger partial charge in [-0.05, 0) is 25.1 Å². The van der Waals surface area contributed by atoms with Gasteiger partial charge < -0.3 is 16.0 Å². The van der Waals surface area contributed by atoms with E-state index >= 15 is 0 Å². The molecule has 0 aliphatic carbocycles. The number of rotatable bonds is 4. The standard InChI is InChI=1S/C13H14N4O2S/c1-8-5-11(18)17-13(15-8)20-7-12(19)16-10-4-2-3-9(14)6-10/h2-6H,7,14H2,1H3,(H,16,19)(H,15,17,18). The molecule has 0 spiro atoms. The molecule has 0 saturated carbocycles. The van der Waals surface area contributed by atoms with Crippen LogP contribution in [0, 0.1) is 6.92 Å². The first-order valence-electron chi connectivity index (χ1n) is 5.89. The van der Waals surface area contributed by atoms with Gasteiger partial charge in [0, 0.05) is 23.1 Å². The smallest absolute Gasteiger partial charge is 0.251 e. The van der Waals surface area contributed by atoms with Crippen molar-refractivity contribution in [1.29, 1.82) is 0 Å². The number of hydrogen-bond acceptors (Lipinski definition) is 5. The van der Waals surface area contributed by atoms with Gasteiger partial charge in [0.05, 0.1) is 5.75 Å². The predicted octanol–water partition coefficient (Wildman–Crippen LogP) is 1.39. The van der Waals surface area contributed by atoms with Crippen LogP contribution in [0.4, 0.5) is 11.4 Å². The summed E-state index contributed by atoms with van der Waals surface area (Å²) in [5.74, 6) is -0.0361. The maximum atomic E-state index is 11.8. The average Bonchev–Trinajstić information content (AvgIpc) is 2.35. The van der Waals surface area contributed by atoms with Gasteiger partial charge in [-0.25, -0.2) is 4.98 Å². The molecule has 0 aliphatic rings.